The lowest BCUT2D eigenvalue weighted by molar-refractivity contribution is 0.429. The molecule has 2 N–H and O–H groups in total. The van der Waals surface area contributed by atoms with Gasteiger partial charge in [0, 0.05) is 35.6 Å². The molecule has 0 spiro atoms. The number of hydrogen-bond acceptors (Lipinski definition) is 1. The van der Waals surface area contributed by atoms with Crippen LogP contribution in [-0.4, -0.2) is 11.0 Å². The maximum atomic E-state index is 3.74. The number of H-pyrrole nitrogens is 1. The summed E-state index contributed by atoms with van der Waals surface area (Å²) in [7, 11) is 0. The first kappa shape index (κ1) is 10.7. The second-order valence-corrected chi connectivity index (χ2v) is 5.95. The van der Waals surface area contributed by atoms with Crippen molar-refractivity contribution in [2.24, 2.45) is 0 Å². The Morgan fingerprint density at radius 3 is 2.80 bits per heavy atom. The van der Waals surface area contributed by atoms with Crippen LogP contribution in [0.4, 0.5) is 0 Å². The number of aromatic amines is 1. The molecule has 3 aromatic rings. The molecule has 1 aliphatic carbocycles. The van der Waals surface area contributed by atoms with E-state index in [-0.39, 0.29) is 0 Å². The fraction of sp³-hybridized carbons (Fsp3) is 0.222. The Morgan fingerprint density at radius 1 is 0.900 bits per heavy atom. The van der Waals surface area contributed by atoms with Crippen LogP contribution in [0.2, 0.25) is 0 Å². The molecule has 2 heterocycles. The molecular formula is C18H16N2. The summed E-state index contributed by atoms with van der Waals surface area (Å²) in [6, 6.07) is 16.1. The van der Waals surface area contributed by atoms with E-state index in [0.717, 1.165) is 13.0 Å². The van der Waals surface area contributed by atoms with Gasteiger partial charge in [0.2, 0.25) is 0 Å². The minimum Gasteiger partial charge on any atom is -0.361 e. The van der Waals surface area contributed by atoms with Gasteiger partial charge < -0.3 is 10.3 Å². The van der Waals surface area contributed by atoms with Crippen molar-refractivity contribution in [3.63, 3.8) is 0 Å². The Labute approximate surface area is 117 Å². The molecule has 1 aliphatic heterocycles. The fourth-order valence-corrected chi connectivity index (χ4v) is 4.09. The molecular weight excluding hydrogens is 244 g/mol. The van der Waals surface area contributed by atoms with Crippen LogP contribution in [-0.2, 0) is 13.0 Å². The van der Waals surface area contributed by atoms with Crippen LogP contribution < -0.4 is 5.32 Å². The van der Waals surface area contributed by atoms with Gasteiger partial charge in [0.15, 0.2) is 0 Å². The summed E-state index contributed by atoms with van der Waals surface area (Å²) in [6.45, 7) is 0.993. The van der Waals surface area contributed by atoms with Gasteiger partial charge in [-0.25, -0.2) is 0 Å². The Morgan fingerprint density at radius 2 is 1.80 bits per heavy atom. The molecule has 1 aromatic heterocycles. The van der Waals surface area contributed by atoms with Crippen LogP contribution in [0.25, 0.3) is 10.9 Å². The zero-order chi connectivity index (χ0) is 13.1. The third kappa shape index (κ3) is 1.27. The summed E-state index contributed by atoms with van der Waals surface area (Å²) >= 11 is 0. The zero-order valence-electron chi connectivity index (χ0n) is 11.2. The molecule has 0 bridgehead atoms. The lowest BCUT2D eigenvalue weighted by Gasteiger charge is -2.38. The average Bonchev–Trinajstić information content (AvgIpc) is 2.92. The van der Waals surface area contributed by atoms with Gasteiger partial charge in [-0.1, -0.05) is 36.4 Å². The second kappa shape index (κ2) is 3.74. The van der Waals surface area contributed by atoms with Crippen molar-refractivity contribution < 1.29 is 0 Å². The zero-order valence-corrected chi connectivity index (χ0v) is 11.2. The molecule has 2 atom stereocenters. The Kier molecular flexibility index (Phi) is 2.00. The monoisotopic (exact) mass is 260 g/mol. The maximum Gasteiger partial charge on any atom is 0.0459 e. The van der Waals surface area contributed by atoms with Gasteiger partial charge in [0.25, 0.3) is 0 Å². The van der Waals surface area contributed by atoms with Crippen molar-refractivity contribution in [2.75, 3.05) is 0 Å². The summed E-state index contributed by atoms with van der Waals surface area (Å²) in [4.78, 5) is 3.43. The van der Waals surface area contributed by atoms with E-state index in [0.29, 0.717) is 12.0 Å². The second-order valence-electron chi connectivity index (χ2n) is 5.95. The number of nitrogens with one attached hydrogen (secondary N) is 2. The van der Waals surface area contributed by atoms with E-state index in [1.165, 1.54) is 33.2 Å². The standard InChI is InChI=1S/C18H16N2/c1-2-5-13-11(4-1)9-20-16-8-12-10-19-15-7-3-6-14(17(12)15)18(13)16/h1-7,10,16,18-20H,8-9H2/t16-,18-/m1/s1. The maximum absolute atomic E-state index is 3.74. The van der Waals surface area contributed by atoms with E-state index in [4.69, 9.17) is 0 Å². The predicted octanol–water partition coefficient (Wildman–Crippen LogP) is 3.33. The van der Waals surface area contributed by atoms with Crippen LogP contribution in [0, 0.1) is 0 Å². The lowest BCUT2D eigenvalue weighted by atomic mass is 9.73. The number of benzene rings is 2. The van der Waals surface area contributed by atoms with Crippen molar-refractivity contribution in [2.45, 2.75) is 24.9 Å². The van der Waals surface area contributed by atoms with Gasteiger partial charge in [-0.05, 0) is 34.7 Å². The van der Waals surface area contributed by atoms with Gasteiger partial charge in [-0.3, -0.25) is 0 Å². The molecule has 2 aliphatic rings. The summed E-state index contributed by atoms with van der Waals surface area (Å²) < 4.78 is 0. The fourth-order valence-electron chi connectivity index (χ4n) is 4.09. The van der Waals surface area contributed by atoms with E-state index in [1.807, 2.05) is 0 Å². The lowest BCUT2D eigenvalue weighted by Crippen LogP contribution is -2.42. The summed E-state index contributed by atoms with van der Waals surface area (Å²) in [6.07, 6.45) is 3.31. The molecule has 0 fully saturated rings. The molecule has 2 aromatic carbocycles. The molecule has 0 saturated heterocycles. The quantitative estimate of drug-likeness (QED) is 0.637. The highest BCUT2D eigenvalue weighted by Crippen LogP contribution is 2.43. The molecule has 0 saturated carbocycles. The van der Waals surface area contributed by atoms with E-state index >= 15 is 0 Å². The molecule has 98 valence electrons. The molecule has 2 nitrogen and oxygen atoms in total. The van der Waals surface area contributed by atoms with E-state index in [1.54, 1.807) is 0 Å². The molecule has 0 unspecified atom stereocenters. The van der Waals surface area contributed by atoms with Crippen molar-refractivity contribution in [3.8, 4) is 0 Å². The van der Waals surface area contributed by atoms with Gasteiger partial charge in [0.1, 0.15) is 0 Å². The van der Waals surface area contributed by atoms with Crippen LogP contribution in [0.1, 0.15) is 28.2 Å². The predicted molar refractivity (Wildman–Crippen MR) is 80.9 cm³/mol. The highest BCUT2D eigenvalue weighted by atomic mass is 14.9. The SMILES string of the molecule is c1ccc2c(c1)CN[C@@H]1Cc3c[nH]c4cccc(c34)[C@@H]21. The first-order valence-electron chi connectivity index (χ1n) is 7.32. The van der Waals surface area contributed by atoms with Crippen LogP contribution >= 0.6 is 0 Å². The number of rotatable bonds is 0. The smallest absolute Gasteiger partial charge is 0.0459 e. The molecule has 0 amide bonds. The van der Waals surface area contributed by atoms with Crippen molar-refractivity contribution in [1.82, 2.24) is 10.3 Å². The number of aromatic nitrogens is 1. The largest absolute Gasteiger partial charge is 0.361 e. The molecule has 2 heteroatoms. The van der Waals surface area contributed by atoms with Gasteiger partial charge in [-0.15, -0.1) is 0 Å². The highest BCUT2D eigenvalue weighted by Gasteiger charge is 2.35. The van der Waals surface area contributed by atoms with Gasteiger partial charge >= 0.3 is 0 Å². The first-order valence-corrected chi connectivity index (χ1v) is 7.32. The Hall–Kier alpha value is -2.06. The highest BCUT2D eigenvalue weighted by molar-refractivity contribution is 5.89. The third-order valence-electron chi connectivity index (χ3n) is 4.94. The average molecular weight is 260 g/mol. The Bertz CT molecular complexity index is 815. The summed E-state index contributed by atoms with van der Waals surface area (Å²) in [5.41, 5.74) is 7.18. The normalized spacial score (nSPS) is 23.4. The minimum atomic E-state index is 0.493. The van der Waals surface area contributed by atoms with Gasteiger partial charge in [-0.2, -0.15) is 0 Å². The summed E-state index contributed by atoms with van der Waals surface area (Å²) in [5.74, 6) is 0.493. The van der Waals surface area contributed by atoms with Crippen LogP contribution in [0.3, 0.4) is 0 Å². The number of fused-ring (bicyclic) bond motifs is 4. The van der Waals surface area contributed by atoms with Crippen LogP contribution in [0.15, 0.2) is 48.7 Å². The molecule has 5 rings (SSSR count). The van der Waals surface area contributed by atoms with E-state index in [9.17, 15) is 0 Å². The first-order chi connectivity index (χ1) is 9.92. The Balaban J connectivity index is 1.83. The topological polar surface area (TPSA) is 27.8 Å². The molecule has 0 radical (unpaired) electrons. The van der Waals surface area contributed by atoms with Crippen molar-refractivity contribution in [1.29, 1.82) is 0 Å². The van der Waals surface area contributed by atoms with Crippen LogP contribution in [0.5, 0.6) is 0 Å². The molecule has 20 heavy (non-hydrogen) atoms. The third-order valence-corrected chi connectivity index (χ3v) is 4.94. The number of hydrogen-bond donors (Lipinski definition) is 2. The van der Waals surface area contributed by atoms with Crippen molar-refractivity contribution in [3.05, 3.63) is 70.9 Å². The van der Waals surface area contributed by atoms with E-state index < -0.39 is 0 Å². The van der Waals surface area contributed by atoms with E-state index in [2.05, 4.69) is 59.0 Å². The minimum absolute atomic E-state index is 0.493. The van der Waals surface area contributed by atoms with Crippen molar-refractivity contribution >= 4 is 10.9 Å². The van der Waals surface area contributed by atoms with Gasteiger partial charge in [0.05, 0.1) is 0 Å². The summed E-state index contributed by atoms with van der Waals surface area (Å²) in [5, 5.41) is 5.19.